The minimum absolute atomic E-state index is 0.0481. The molecule has 3 aromatic rings. The van der Waals surface area contributed by atoms with Gasteiger partial charge in [-0.15, -0.1) is 0 Å². The van der Waals surface area contributed by atoms with Crippen molar-refractivity contribution in [1.82, 2.24) is 4.90 Å². The molecule has 0 aliphatic carbocycles. The van der Waals surface area contributed by atoms with Crippen LogP contribution in [0.25, 0.3) is 17.2 Å². The first-order chi connectivity index (χ1) is 14.5. The molecule has 1 heterocycles. The summed E-state index contributed by atoms with van der Waals surface area (Å²) in [5.41, 5.74) is 5.28. The monoisotopic (exact) mass is 414 g/mol. The second-order valence-corrected chi connectivity index (χ2v) is 8.07. The van der Waals surface area contributed by atoms with E-state index in [1.165, 1.54) is 17.3 Å². The molecule has 0 aromatic heterocycles. The number of amides is 1. The molecule has 5 heteroatoms. The summed E-state index contributed by atoms with van der Waals surface area (Å²) < 4.78 is 5.18. The van der Waals surface area contributed by atoms with E-state index in [2.05, 4.69) is 48.3 Å². The van der Waals surface area contributed by atoms with Gasteiger partial charge >= 0.3 is 0 Å². The number of benzene rings is 3. The zero-order valence-electron chi connectivity index (χ0n) is 17.1. The van der Waals surface area contributed by atoms with E-state index >= 15 is 0 Å². The molecule has 30 heavy (non-hydrogen) atoms. The summed E-state index contributed by atoms with van der Waals surface area (Å²) in [6.07, 6.45) is 1.93. The van der Waals surface area contributed by atoms with E-state index in [1.54, 1.807) is 19.1 Å². The number of ether oxygens (including phenoxy) is 1. The van der Waals surface area contributed by atoms with E-state index in [9.17, 15) is 4.79 Å². The summed E-state index contributed by atoms with van der Waals surface area (Å²) >= 11 is 1.39. The minimum atomic E-state index is -0.0481. The van der Waals surface area contributed by atoms with Crippen molar-refractivity contribution in [2.75, 3.05) is 14.2 Å². The molecular formula is C25H22N2O2S. The van der Waals surface area contributed by atoms with Gasteiger partial charge in [0, 0.05) is 7.05 Å². The highest BCUT2D eigenvalue weighted by Crippen LogP contribution is 2.34. The highest BCUT2D eigenvalue weighted by Gasteiger charge is 2.30. The van der Waals surface area contributed by atoms with Crippen molar-refractivity contribution in [1.29, 1.82) is 0 Å². The van der Waals surface area contributed by atoms with Gasteiger partial charge in [-0.05, 0) is 71.8 Å². The van der Waals surface area contributed by atoms with Gasteiger partial charge in [-0.3, -0.25) is 9.69 Å². The molecule has 0 unspecified atom stereocenters. The molecule has 150 valence electrons. The predicted octanol–water partition coefficient (Wildman–Crippen LogP) is 5.90. The molecule has 0 N–H and O–H groups in total. The number of methoxy groups -OCH3 is 1. The quantitative estimate of drug-likeness (QED) is 0.499. The highest BCUT2D eigenvalue weighted by atomic mass is 32.2. The number of likely N-dealkylation sites (N-methyl/N-ethyl adjacent to an activating group) is 1. The molecule has 0 spiro atoms. The largest absolute Gasteiger partial charge is 0.497 e. The van der Waals surface area contributed by atoms with Crippen LogP contribution in [0.2, 0.25) is 0 Å². The average Bonchev–Trinajstić information content (AvgIpc) is 3.03. The lowest BCUT2D eigenvalue weighted by atomic mass is 10.0. The zero-order chi connectivity index (χ0) is 21.1. The minimum Gasteiger partial charge on any atom is -0.497 e. The summed E-state index contributed by atoms with van der Waals surface area (Å²) in [5, 5.41) is 0.658. The van der Waals surface area contributed by atoms with Crippen LogP contribution in [0.1, 0.15) is 11.1 Å². The summed E-state index contributed by atoms with van der Waals surface area (Å²) in [6, 6.07) is 24.1. The Bertz CT molecular complexity index is 1130. The van der Waals surface area contributed by atoms with Crippen LogP contribution in [0, 0.1) is 6.92 Å². The number of amidine groups is 1. The topological polar surface area (TPSA) is 41.9 Å². The molecule has 4 rings (SSSR count). The van der Waals surface area contributed by atoms with Gasteiger partial charge in [0.15, 0.2) is 5.17 Å². The van der Waals surface area contributed by atoms with Gasteiger partial charge in [0.05, 0.1) is 17.7 Å². The summed E-state index contributed by atoms with van der Waals surface area (Å²) in [6.45, 7) is 2.08. The highest BCUT2D eigenvalue weighted by molar-refractivity contribution is 8.18. The van der Waals surface area contributed by atoms with Crippen LogP contribution < -0.4 is 4.74 Å². The average molecular weight is 415 g/mol. The number of rotatable bonds is 4. The summed E-state index contributed by atoms with van der Waals surface area (Å²) in [7, 11) is 3.38. The van der Waals surface area contributed by atoms with Crippen LogP contribution in [-0.2, 0) is 4.79 Å². The smallest absolute Gasteiger partial charge is 0.266 e. The van der Waals surface area contributed by atoms with Gasteiger partial charge in [-0.2, -0.15) is 0 Å². The lowest BCUT2D eigenvalue weighted by Crippen LogP contribution is -2.23. The summed E-state index contributed by atoms with van der Waals surface area (Å²) in [5.74, 6) is 0.726. The first-order valence-corrected chi connectivity index (χ1v) is 10.4. The van der Waals surface area contributed by atoms with Crippen LogP contribution in [0.15, 0.2) is 82.7 Å². The van der Waals surface area contributed by atoms with Crippen LogP contribution in [0.5, 0.6) is 5.75 Å². The van der Waals surface area contributed by atoms with Gasteiger partial charge in [0.1, 0.15) is 5.75 Å². The van der Waals surface area contributed by atoms with Crippen molar-refractivity contribution < 1.29 is 9.53 Å². The van der Waals surface area contributed by atoms with Crippen LogP contribution in [-0.4, -0.2) is 30.1 Å². The maximum Gasteiger partial charge on any atom is 0.266 e. The van der Waals surface area contributed by atoms with Crippen molar-refractivity contribution in [3.05, 3.63) is 88.8 Å². The molecule has 4 nitrogen and oxygen atoms in total. The maximum atomic E-state index is 12.7. The Labute approximate surface area is 180 Å². The van der Waals surface area contributed by atoms with Crippen LogP contribution in [0.3, 0.4) is 0 Å². The third-order valence-electron chi connectivity index (χ3n) is 4.87. The van der Waals surface area contributed by atoms with E-state index in [-0.39, 0.29) is 5.91 Å². The van der Waals surface area contributed by atoms with Crippen molar-refractivity contribution in [3.8, 4) is 16.9 Å². The summed E-state index contributed by atoms with van der Waals surface area (Å²) in [4.78, 5) is 19.6. The third kappa shape index (κ3) is 4.31. The predicted molar refractivity (Wildman–Crippen MR) is 125 cm³/mol. The lowest BCUT2D eigenvalue weighted by Gasteiger charge is -2.07. The molecular weight excluding hydrogens is 392 g/mol. The standard InChI is InChI=1S/C25H22N2O2S/c1-17-7-9-19(10-8-17)20-6-4-5-18(15-20)16-23-24(28)27(2)25(30-23)26-21-11-13-22(29-3)14-12-21/h4-16H,1-3H3/b23-16-,26-25?. The Hall–Kier alpha value is -3.31. The Morgan fingerprint density at radius 2 is 1.70 bits per heavy atom. The number of carbonyl (C=O) groups is 1. The van der Waals surface area contributed by atoms with Gasteiger partial charge < -0.3 is 4.74 Å². The number of aliphatic imine (C=N–C) groups is 1. The molecule has 0 bridgehead atoms. The Kier molecular flexibility index (Phi) is 5.72. The Balaban J connectivity index is 1.59. The van der Waals surface area contributed by atoms with Crippen LogP contribution >= 0.6 is 11.8 Å². The van der Waals surface area contributed by atoms with Crippen molar-refractivity contribution in [2.45, 2.75) is 6.92 Å². The number of thioether (sulfide) groups is 1. The van der Waals surface area contributed by atoms with E-state index < -0.39 is 0 Å². The molecule has 0 saturated carbocycles. The fourth-order valence-electron chi connectivity index (χ4n) is 3.12. The molecule has 0 atom stereocenters. The SMILES string of the molecule is COc1ccc(N=C2S/C(=C\c3cccc(-c4ccc(C)cc4)c3)C(=O)N2C)cc1. The zero-order valence-corrected chi connectivity index (χ0v) is 17.9. The fraction of sp³-hybridized carbons (Fsp3) is 0.120. The first-order valence-electron chi connectivity index (χ1n) is 9.61. The third-order valence-corrected chi connectivity index (χ3v) is 5.93. The Morgan fingerprint density at radius 1 is 0.967 bits per heavy atom. The number of hydrogen-bond acceptors (Lipinski definition) is 4. The van der Waals surface area contributed by atoms with Gasteiger partial charge in [-0.1, -0.05) is 48.0 Å². The number of hydrogen-bond donors (Lipinski definition) is 0. The van der Waals surface area contributed by atoms with Crippen molar-refractivity contribution in [2.24, 2.45) is 4.99 Å². The lowest BCUT2D eigenvalue weighted by molar-refractivity contribution is -0.121. The van der Waals surface area contributed by atoms with E-state index in [4.69, 9.17) is 4.74 Å². The van der Waals surface area contributed by atoms with Crippen molar-refractivity contribution in [3.63, 3.8) is 0 Å². The molecule has 1 aliphatic heterocycles. The second-order valence-electron chi connectivity index (χ2n) is 7.06. The van der Waals surface area contributed by atoms with E-state index in [0.717, 1.165) is 28.1 Å². The molecule has 0 radical (unpaired) electrons. The van der Waals surface area contributed by atoms with Crippen molar-refractivity contribution >= 4 is 34.6 Å². The van der Waals surface area contributed by atoms with E-state index in [0.29, 0.717) is 10.1 Å². The normalized spacial score (nSPS) is 16.5. The number of aryl methyl sites for hydroxylation is 1. The molecule has 3 aromatic carbocycles. The molecule has 1 amide bonds. The fourth-order valence-corrected chi connectivity index (χ4v) is 4.11. The van der Waals surface area contributed by atoms with E-state index in [1.807, 2.05) is 42.5 Å². The number of carbonyl (C=O) groups excluding carboxylic acids is 1. The number of nitrogens with zero attached hydrogens (tertiary/aromatic N) is 2. The molecule has 1 fully saturated rings. The van der Waals surface area contributed by atoms with Gasteiger partial charge in [-0.25, -0.2) is 4.99 Å². The second kappa shape index (κ2) is 8.59. The maximum absolute atomic E-state index is 12.7. The van der Waals surface area contributed by atoms with Crippen LogP contribution in [0.4, 0.5) is 5.69 Å². The Morgan fingerprint density at radius 3 is 2.40 bits per heavy atom. The molecule has 1 saturated heterocycles. The van der Waals surface area contributed by atoms with Gasteiger partial charge in [0.25, 0.3) is 5.91 Å². The van der Waals surface area contributed by atoms with Gasteiger partial charge in [0.2, 0.25) is 0 Å². The molecule has 1 aliphatic rings. The first kappa shape index (κ1) is 20.0.